The Bertz CT molecular complexity index is 382. The van der Waals surface area contributed by atoms with Gasteiger partial charge in [-0.1, -0.05) is 6.07 Å². The van der Waals surface area contributed by atoms with Gasteiger partial charge in [0.15, 0.2) is 0 Å². The molecule has 0 bridgehead atoms. The molecule has 0 radical (unpaired) electrons. The summed E-state index contributed by atoms with van der Waals surface area (Å²) in [4.78, 5) is 17.7. The van der Waals surface area contributed by atoms with Crippen LogP contribution in [0.3, 0.4) is 0 Å². The largest absolute Gasteiger partial charge is 0.383 e. The Kier molecular flexibility index (Phi) is 5.06. The lowest BCUT2D eigenvalue weighted by atomic mass is 10.2. The van der Waals surface area contributed by atoms with E-state index < -0.39 is 0 Å². The van der Waals surface area contributed by atoms with Crippen LogP contribution in [0.1, 0.15) is 16.2 Å². The highest BCUT2D eigenvalue weighted by atomic mass is 16.5. The van der Waals surface area contributed by atoms with Gasteiger partial charge in [0.1, 0.15) is 5.69 Å². The third kappa shape index (κ3) is 4.13. The van der Waals surface area contributed by atoms with Gasteiger partial charge in [0.25, 0.3) is 5.91 Å². The van der Waals surface area contributed by atoms with Gasteiger partial charge in [0.05, 0.1) is 6.61 Å². The molecule has 0 aliphatic carbocycles. The predicted octanol–water partition coefficient (Wildman–Crippen LogP) is 0.436. The van der Waals surface area contributed by atoms with Crippen LogP contribution in [-0.2, 0) is 4.74 Å². The fourth-order valence-corrected chi connectivity index (χ4v) is 1.56. The van der Waals surface area contributed by atoms with Crippen molar-refractivity contribution in [2.45, 2.75) is 13.0 Å². The van der Waals surface area contributed by atoms with Gasteiger partial charge in [0.2, 0.25) is 0 Å². The molecule has 1 aromatic rings. The Hall–Kier alpha value is -1.46. The van der Waals surface area contributed by atoms with Gasteiger partial charge in [-0.3, -0.25) is 4.79 Å². The van der Waals surface area contributed by atoms with Gasteiger partial charge in [-0.25, -0.2) is 4.98 Å². The summed E-state index contributed by atoms with van der Waals surface area (Å²) in [6, 6.07) is 5.19. The van der Waals surface area contributed by atoms with Crippen LogP contribution in [0.4, 0.5) is 0 Å². The second-order valence-electron chi connectivity index (χ2n) is 4.07. The standard InChI is InChI=1S/C12H19N3O2/c1-9-5-4-6-11(14-9)12(16)15(2)7-10(13)8-17-3/h4-6,10H,7-8,13H2,1-3H3. The fourth-order valence-electron chi connectivity index (χ4n) is 1.56. The quantitative estimate of drug-likeness (QED) is 0.806. The number of carbonyl (C=O) groups is 1. The van der Waals surface area contributed by atoms with Crippen molar-refractivity contribution < 1.29 is 9.53 Å². The molecule has 1 heterocycles. The molecule has 0 fully saturated rings. The number of rotatable bonds is 5. The summed E-state index contributed by atoms with van der Waals surface area (Å²) >= 11 is 0. The molecule has 0 saturated heterocycles. The molecule has 17 heavy (non-hydrogen) atoms. The van der Waals surface area contributed by atoms with Crippen molar-refractivity contribution in [1.29, 1.82) is 0 Å². The molecule has 1 aromatic heterocycles. The molecular weight excluding hydrogens is 218 g/mol. The van der Waals surface area contributed by atoms with Crippen LogP contribution in [0.2, 0.25) is 0 Å². The second kappa shape index (κ2) is 6.32. The zero-order chi connectivity index (χ0) is 12.8. The maximum absolute atomic E-state index is 12.0. The topological polar surface area (TPSA) is 68.5 Å². The van der Waals surface area contributed by atoms with Crippen molar-refractivity contribution in [2.75, 3.05) is 27.3 Å². The van der Waals surface area contributed by atoms with E-state index in [1.807, 2.05) is 19.1 Å². The first-order chi connectivity index (χ1) is 8.04. The molecule has 1 amide bonds. The van der Waals surface area contributed by atoms with Gasteiger partial charge in [-0.15, -0.1) is 0 Å². The van der Waals surface area contributed by atoms with Crippen LogP contribution in [0.25, 0.3) is 0 Å². The minimum atomic E-state index is -0.182. The van der Waals surface area contributed by atoms with E-state index in [4.69, 9.17) is 10.5 Å². The third-order valence-electron chi connectivity index (χ3n) is 2.34. The van der Waals surface area contributed by atoms with Crippen molar-refractivity contribution in [1.82, 2.24) is 9.88 Å². The van der Waals surface area contributed by atoms with Crippen LogP contribution in [0.15, 0.2) is 18.2 Å². The summed E-state index contributed by atoms with van der Waals surface area (Å²) in [5.41, 5.74) is 7.06. The number of ether oxygens (including phenoxy) is 1. The maximum atomic E-state index is 12.0. The lowest BCUT2D eigenvalue weighted by Crippen LogP contribution is -2.41. The number of amides is 1. The number of hydrogen-bond acceptors (Lipinski definition) is 4. The van der Waals surface area contributed by atoms with Crippen molar-refractivity contribution in [2.24, 2.45) is 5.73 Å². The summed E-state index contributed by atoms with van der Waals surface area (Å²) in [7, 11) is 3.30. The molecule has 1 rings (SSSR count). The molecular formula is C12H19N3O2. The summed E-state index contributed by atoms with van der Waals surface area (Å²) in [5.74, 6) is -0.125. The minimum Gasteiger partial charge on any atom is -0.383 e. The van der Waals surface area contributed by atoms with Crippen molar-refractivity contribution in [3.8, 4) is 0 Å². The number of aryl methyl sites for hydroxylation is 1. The molecule has 0 saturated carbocycles. The Morgan fingerprint density at radius 2 is 2.29 bits per heavy atom. The lowest BCUT2D eigenvalue weighted by molar-refractivity contribution is 0.0758. The van der Waals surface area contributed by atoms with E-state index in [-0.39, 0.29) is 11.9 Å². The van der Waals surface area contributed by atoms with E-state index in [2.05, 4.69) is 4.98 Å². The maximum Gasteiger partial charge on any atom is 0.272 e. The first-order valence-electron chi connectivity index (χ1n) is 5.48. The van der Waals surface area contributed by atoms with Gasteiger partial charge in [-0.05, 0) is 19.1 Å². The van der Waals surface area contributed by atoms with Crippen molar-refractivity contribution in [3.63, 3.8) is 0 Å². The number of likely N-dealkylation sites (N-methyl/N-ethyl adjacent to an activating group) is 1. The molecule has 5 heteroatoms. The zero-order valence-corrected chi connectivity index (χ0v) is 10.5. The fraction of sp³-hybridized carbons (Fsp3) is 0.500. The molecule has 2 N–H and O–H groups in total. The highest BCUT2D eigenvalue weighted by Gasteiger charge is 2.15. The number of nitrogens with zero attached hydrogens (tertiary/aromatic N) is 2. The van der Waals surface area contributed by atoms with E-state index in [1.165, 1.54) is 0 Å². The van der Waals surface area contributed by atoms with Gasteiger partial charge in [-0.2, -0.15) is 0 Å². The van der Waals surface area contributed by atoms with Crippen molar-refractivity contribution in [3.05, 3.63) is 29.6 Å². The molecule has 94 valence electrons. The lowest BCUT2D eigenvalue weighted by Gasteiger charge is -2.20. The summed E-state index contributed by atoms with van der Waals surface area (Å²) in [6.45, 7) is 2.73. The second-order valence-corrected chi connectivity index (χ2v) is 4.07. The first kappa shape index (κ1) is 13.6. The minimum absolute atomic E-state index is 0.125. The molecule has 1 atom stereocenters. The summed E-state index contributed by atoms with van der Waals surface area (Å²) < 4.78 is 4.93. The smallest absolute Gasteiger partial charge is 0.272 e. The van der Waals surface area contributed by atoms with Crippen LogP contribution < -0.4 is 5.73 Å². The van der Waals surface area contributed by atoms with Gasteiger partial charge < -0.3 is 15.4 Å². The van der Waals surface area contributed by atoms with E-state index in [0.717, 1.165) is 5.69 Å². The third-order valence-corrected chi connectivity index (χ3v) is 2.34. The molecule has 1 unspecified atom stereocenters. The average molecular weight is 237 g/mol. The van der Waals surface area contributed by atoms with E-state index in [1.54, 1.807) is 25.1 Å². The Labute approximate surface area is 102 Å². The summed E-state index contributed by atoms with van der Waals surface area (Å²) in [6.07, 6.45) is 0. The zero-order valence-electron chi connectivity index (χ0n) is 10.5. The molecule has 0 aliphatic rings. The highest BCUT2D eigenvalue weighted by Crippen LogP contribution is 2.02. The first-order valence-corrected chi connectivity index (χ1v) is 5.48. The number of carbonyl (C=O) groups excluding carboxylic acids is 1. The number of aromatic nitrogens is 1. The molecule has 0 aliphatic heterocycles. The Morgan fingerprint density at radius 3 is 2.88 bits per heavy atom. The van der Waals surface area contributed by atoms with Crippen molar-refractivity contribution >= 4 is 5.91 Å². The molecule has 0 spiro atoms. The highest BCUT2D eigenvalue weighted by molar-refractivity contribution is 5.92. The number of hydrogen-bond donors (Lipinski definition) is 1. The van der Waals surface area contributed by atoms with Crippen LogP contribution in [-0.4, -0.2) is 49.1 Å². The number of nitrogens with two attached hydrogens (primary N) is 1. The van der Waals surface area contributed by atoms with Gasteiger partial charge in [0, 0.05) is 32.4 Å². The molecule has 0 aromatic carbocycles. The van der Waals surface area contributed by atoms with E-state index in [9.17, 15) is 4.79 Å². The number of methoxy groups -OCH3 is 1. The Balaban J connectivity index is 2.63. The SMILES string of the molecule is COCC(N)CN(C)C(=O)c1cccc(C)n1. The monoisotopic (exact) mass is 237 g/mol. The van der Waals surface area contributed by atoms with E-state index >= 15 is 0 Å². The van der Waals surface area contributed by atoms with Crippen LogP contribution in [0.5, 0.6) is 0 Å². The Morgan fingerprint density at radius 1 is 1.59 bits per heavy atom. The van der Waals surface area contributed by atoms with E-state index in [0.29, 0.717) is 18.8 Å². The van der Waals surface area contributed by atoms with Gasteiger partial charge >= 0.3 is 0 Å². The van der Waals surface area contributed by atoms with Crippen LogP contribution >= 0.6 is 0 Å². The molecule has 5 nitrogen and oxygen atoms in total. The summed E-state index contributed by atoms with van der Waals surface area (Å²) in [5, 5.41) is 0. The van der Waals surface area contributed by atoms with Crippen LogP contribution in [0, 0.1) is 6.92 Å². The predicted molar refractivity (Wildman–Crippen MR) is 65.8 cm³/mol. The normalized spacial score (nSPS) is 12.2. The number of pyridine rings is 1. The average Bonchev–Trinajstić information content (AvgIpc) is 2.28.